The van der Waals surface area contributed by atoms with Gasteiger partial charge in [-0.15, -0.1) is 0 Å². The molecule has 0 heterocycles. The van der Waals surface area contributed by atoms with Gasteiger partial charge in [0.25, 0.3) is 0 Å². The number of hydrogen-bond acceptors (Lipinski definition) is 5. The van der Waals surface area contributed by atoms with Gasteiger partial charge in [-0.25, -0.2) is 13.1 Å². The van der Waals surface area contributed by atoms with Gasteiger partial charge in [0.1, 0.15) is 4.90 Å². The Morgan fingerprint density at radius 1 is 1.33 bits per heavy atom. The minimum absolute atomic E-state index is 0.0396. The third kappa shape index (κ3) is 4.81. The number of carboxylic acids is 1. The highest BCUT2D eigenvalue weighted by Gasteiger charge is 2.20. The van der Waals surface area contributed by atoms with Gasteiger partial charge >= 0.3 is 5.97 Å². The minimum atomic E-state index is -3.73. The first-order chi connectivity index (χ1) is 9.77. The van der Waals surface area contributed by atoms with Crippen LogP contribution >= 0.6 is 0 Å². The van der Waals surface area contributed by atoms with E-state index in [4.69, 9.17) is 10.8 Å². The third-order valence-electron chi connectivity index (χ3n) is 2.71. The summed E-state index contributed by atoms with van der Waals surface area (Å²) >= 11 is 0. The molecule has 0 spiro atoms. The Morgan fingerprint density at radius 3 is 2.52 bits per heavy atom. The normalized spacial score (nSPS) is 12.7. The topological polar surface area (TPSA) is 139 Å². The van der Waals surface area contributed by atoms with Crippen LogP contribution in [0.25, 0.3) is 0 Å². The number of sulfonamides is 1. The van der Waals surface area contributed by atoms with Crippen molar-refractivity contribution in [2.45, 2.75) is 23.8 Å². The number of aliphatic carboxylic acids is 1. The van der Waals surface area contributed by atoms with E-state index in [2.05, 4.69) is 10.0 Å². The van der Waals surface area contributed by atoms with Crippen LogP contribution in [0.1, 0.15) is 12.8 Å². The van der Waals surface area contributed by atoms with Crippen molar-refractivity contribution in [1.82, 2.24) is 4.72 Å². The molecule has 0 aliphatic carbocycles. The van der Waals surface area contributed by atoms with Crippen LogP contribution in [0.2, 0.25) is 0 Å². The molecule has 0 saturated carbocycles. The Kier molecular flexibility index (Phi) is 5.82. The van der Waals surface area contributed by atoms with E-state index in [9.17, 15) is 18.0 Å². The number of para-hydroxylation sites is 1. The van der Waals surface area contributed by atoms with Crippen LogP contribution < -0.4 is 15.8 Å². The van der Waals surface area contributed by atoms with Gasteiger partial charge in [-0.1, -0.05) is 12.1 Å². The number of hydrogen-bond donors (Lipinski definition) is 4. The SMILES string of the molecule is CNS(=O)(=O)c1ccccc1NC(=O)C(N)CCC(=O)O. The standard InChI is InChI=1S/C12H17N3O5S/c1-14-21(19,20)10-5-3-2-4-9(10)15-12(18)8(13)6-7-11(16)17/h2-5,8,14H,6-7,13H2,1H3,(H,15,18)(H,16,17). The molecular formula is C12H17N3O5S. The molecule has 5 N–H and O–H groups in total. The van der Waals surface area contributed by atoms with Crippen molar-refractivity contribution < 1.29 is 23.1 Å². The zero-order chi connectivity index (χ0) is 16.0. The summed E-state index contributed by atoms with van der Waals surface area (Å²) in [5.41, 5.74) is 5.65. The van der Waals surface area contributed by atoms with Crippen molar-refractivity contribution in [3.8, 4) is 0 Å². The average Bonchev–Trinajstić information content (AvgIpc) is 2.45. The molecule has 1 unspecified atom stereocenters. The fourth-order valence-electron chi connectivity index (χ4n) is 1.55. The summed E-state index contributed by atoms with van der Waals surface area (Å²) in [5.74, 6) is -1.70. The van der Waals surface area contributed by atoms with E-state index in [1.807, 2.05) is 0 Å². The molecule has 0 bridgehead atoms. The zero-order valence-electron chi connectivity index (χ0n) is 11.4. The van der Waals surface area contributed by atoms with Crippen LogP contribution in [0, 0.1) is 0 Å². The molecule has 116 valence electrons. The highest BCUT2D eigenvalue weighted by molar-refractivity contribution is 7.89. The number of amides is 1. The predicted octanol–water partition coefficient (Wildman–Crippen LogP) is -0.275. The number of carbonyl (C=O) groups is 2. The van der Waals surface area contributed by atoms with Crippen molar-refractivity contribution in [3.63, 3.8) is 0 Å². The van der Waals surface area contributed by atoms with E-state index in [0.29, 0.717) is 0 Å². The van der Waals surface area contributed by atoms with Gasteiger partial charge in [-0.3, -0.25) is 9.59 Å². The average molecular weight is 315 g/mol. The lowest BCUT2D eigenvalue weighted by Crippen LogP contribution is -2.36. The lowest BCUT2D eigenvalue weighted by molar-refractivity contribution is -0.137. The van der Waals surface area contributed by atoms with Gasteiger partial charge < -0.3 is 16.2 Å². The Hall–Kier alpha value is -1.97. The quantitative estimate of drug-likeness (QED) is 0.546. The van der Waals surface area contributed by atoms with E-state index in [1.165, 1.54) is 25.2 Å². The van der Waals surface area contributed by atoms with E-state index in [0.717, 1.165) is 0 Å². The van der Waals surface area contributed by atoms with Gasteiger partial charge in [0.15, 0.2) is 0 Å². The van der Waals surface area contributed by atoms with Gasteiger partial charge in [0.2, 0.25) is 15.9 Å². The highest BCUT2D eigenvalue weighted by Crippen LogP contribution is 2.20. The molecule has 1 amide bonds. The monoisotopic (exact) mass is 315 g/mol. The number of benzene rings is 1. The lowest BCUT2D eigenvalue weighted by atomic mass is 10.1. The van der Waals surface area contributed by atoms with Gasteiger partial charge in [0, 0.05) is 6.42 Å². The zero-order valence-corrected chi connectivity index (χ0v) is 12.2. The molecule has 1 aromatic rings. The molecule has 8 nitrogen and oxygen atoms in total. The summed E-state index contributed by atoms with van der Waals surface area (Å²) in [5, 5.41) is 10.9. The van der Waals surface area contributed by atoms with Crippen LogP contribution in [0.4, 0.5) is 5.69 Å². The second kappa shape index (κ2) is 7.16. The first-order valence-corrected chi connectivity index (χ1v) is 7.57. The van der Waals surface area contributed by atoms with Crippen LogP contribution in [0.15, 0.2) is 29.2 Å². The molecule has 21 heavy (non-hydrogen) atoms. The van der Waals surface area contributed by atoms with E-state index >= 15 is 0 Å². The fraction of sp³-hybridized carbons (Fsp3) is 0.333. The lowest BCUT2D eigenvalue weighted by Gasteiger charge is -2.14. The molecule has 0 fully saturated rings. The summed E-state index contributed by atoms with van der Waals surface area (Å²) in [4.78, 5) is 22.2. The molecule has 0 aromatic heterocycles. The van der Waals surface area contributed by atoms with E-state index in [1.54, 1.807) is 6.07 Å². The van der Waals surface area contributed by atoms with E-state index in [-0.39, 0.29) is 23.4 Å². The Balaban J connectivity index is 2.89. The Morgan fingerprint density at radius 2 is 1.95 bits per heavy atom. The largest absolute Gasteiger partial charge is 0.481 e. The first-order valence-electron chi connectivity index (χ1n) is 6.08. The number of carboxylic acid groups (broad SMARTS) is 1. The summed E-state index contributed by atoms with van der Waals surface area (Å²) < 4.78 is 25.8. The number of anilines is 1. The summed E-state index contributed by atoms with van der Waals surface area (Å²) in [7, 11) is -2.47. The maximum atomic E-state index is 11.8. The maximum absolute atomic E-state index is 11.8. The Labute approximate surface area is 122 Å². The molecular weight excluding hydrogens is 298 g/mol. The number of nitrogens with one attached hydrogen (secondary N) is 2. The first kappa shape index (κ1) is 17.1. The van der Waals surface area contributed by atoms with Crippen LogP contribution in [0.5, 0.6) is 0 Å². The number of carbonyl (C=O) groups excluding carboxylic acids is 1. The number of rotatable bonds is 7. The van der Waals surface area contributed by atoms with Crippen LogP contribution in [-0.2, 0) is 19.6 Å². The number of nitrogens with two attached hydrogens (primary N) is 1. The molecule has 1 aromatic carbocycles. The summed E-state index contributed by atoms with van der Waals surface area (Å²) in [6.45, 7) is 0. The predicted molar refractivity (Wildman–Crippen MR) is 76.2 cm³/mol. The second-order valence-electron chi connectivity index (χ2n) is 4.23. The molecule has 0 aliphatic rings. The van der Waals surface area contributed by atoms with Crippen LogP contribution in [-0.4, -0.2) is 38.5 Å². The van der Waals surface area contributed by atoms with E-state index < -0.39 is 27.9 Å². The van der Waals surface area contributed by atoms with Crippen LogP contribution in [0.3, 0.4) is 0 Å². The molecule has 9 heteroatoms. The molecule has 1 atom stereocenters. The van der Waals surface area contributed by atoms with Crippen molar-refractivity contribution in [2.24, 2.45) is 5.73 Å². The Bertz CT molecular complexity index is 630. The van der Waals surface area contributed by atoms with Gasteiger partial charge in [-0.05, 0) is 25.6 Å². The van der Waals surface area contributed by atoms with Crippen molar-refractivity contribution >= 4 is 27.6 Å². The molecule has 0 aliphatic heterocycles. The summed E-state index contributed by atoms with van der Waals surface area (Å²) in [6, 6.07) is 4.81. The summed E-state index contributed by atoms with van der Waals surface area (Å²) in [6.07, 6.45) is -0.285. The third-order valence-corrected chi connectivity index (χ3v) is 4.18. The van der Waals surface area contributed by atoms with Gasteiger partial charge in [0.05, 0.1) is 11.7 Å². The van der Waals surface area contributed by atoms with Crippen molar-refractivity contribution in [1.29, 1.82) is 0 Å². The maximum Gasteiger partial charge on any atom is 0.303 e. The van der Waals surface area contributed by atoms with Crippen molar-refractivity contribution in [3.05, 3.63) is 24.3 Å². The molecule has 0 saturated heterocycles. The highest BCUT2D eigenvalue weighted by atomic mass is 32.2. The molecule has 1 rings (SSSR count). The second-order valence-corrected chi connectivity index (χ2v) is 6.09. The fourth-order valence-corrected chi connectivity index (χ4v) is 2.44. The smallest absolute Gasteiger partial charge is 0.303 e. The minimum Gasteiger partial charge on any atom is -0.481 e. The van der Waals surface area contributed by atoms with Crippen molar-refractivity contribution in [2.75, 3.05) is 12.4 Å². The molecule has 0 radical (unpaired) electrons. The van der Waals surface area contributed by atoms with Gasteiger partial charge in [-0.2, -0.15) is 0 Å².